The van der Waals surface area contributed by atoms with Gasteiger partial charge in [0.25, 0.3) is 0 Å². The normalized spacial score (nSPS) is 11.7. The van der Waals surface area contributed by atoms with Gasteiger partial charge in [-0.2, -0.15) is 0 Å². The average Bonchev–Trinajstić information content (AvgIpc) is 2.43. The summed E-state index contributed by atoms with van der Waals surface area (Å²) in [5.74, 6) is -1.44. The van der Waals surface area contributed by atoms with Gasteiger partial charge in [0.15, 0.2) is 0 Å². The molecule has 0 rings (SSSR count). The van der Waals surface area contributed by atoms with Crippen molar-refractivity contribution in [2.75, 3.05) is 7.05 Å². The molecule has 7 nitrogen and oxygen atoms in total. The van der Waals surface area contributed by atoms with E-state index in [1.807, 2.05) is 0 Å². The van der Waals surface area contributed by atoms with Crippen LogP contribution in [0.15, 0.2) is 5.16 Å². The van der Waals surface area contributed by atoms with Crippen molar-refractivity contribution in [1.29, 1.82) is 0 Å². The molecule has 0 aromatic heterocycles. The maximum absolute atomic E-state index is 10.3. The number of unbranched alkanes of at least 4 members (excludes halogenated alkanes) is 5. The molecule has 0 saturated carbocycles. The number of amides is 1. The lowest BCUT2D eigenvalue weighted by molar-refractivity contribution is -0.139. The topological polar surface area (TPSA) is 125 Å². The predicted molar refractivity (Wildman–Crippen MR) is 82.6 cm³/mol. The van der Waals surface area contributed by atoms with Crippen LogP contribution in [-0.4, -0.2) is 41.5 Å². The first-order valence-corrected chi connectivity index (χ1v) is 7.33. The van der Waals surface area contributed by atoms with Crippen LogP contribution in [0.1, 0.15) is 58.3 Å². The SMILES string of the molecule is CCCCCCCC=NO.CN[C@@H](CCC(N)=O)C(=O)O. The number of nitrogens with one attached hydrogen (secondary N) is 1. The number of hydrogen-bond acceptors (Lipinski definition) is 5. The smallest absolute Gasteiger partial charge is 0.320 e. The highest BCUT2D eigenvalue weighted by Gasteiger charge is 2.14. The van der Waals surface area contributed by atoms with Crippen LogP contribution in [0, 0.1) is 0 Å². The molecular formula is C14H29N3O4. The minimum absolute atomic E-state index is 0.0950. The first-order valence-electron chi connectivity index (χ1n) is 7.33. The van der Waals surface area contributed by atoms with Crippen molar-refractivity contribution < 1.29 is 19.9 Å². The number of carboxylic acids is 1. The quantitative estimate of drug-likeness (QED) is 0.200. The van der Waals surface area contributed by atoms with Gasteiger partial charge in [-0.1, -0.05) is 32.6 Å². The first-order chi connectivity index (χ1) is 9.99. The molecule has 7 heteroatoms. The van der Waals surface area contributed by atoms with Crippen LogP contribution in [0.4, 0.5) is 0 Å². The number of rotatable bonds is 11. The summed E-state index contributed by atoms with van der Waals surface area (Å²) in [6.45, 7) is 2.20. The summed E-state index contributed by atoms with van der Waals surface area (Å²) >= 11 is 0. The highest BCUT2D eigenvalue weighted by molar-refractivity contribution is 5.77. The summed E-state index contributed by atoms with van der Waals surface area (Å²) in [4.78, 5) is 20.6. The number of hydrogen-bond donors (Lipinski definition) is 4. The Kier molecular flexibility index (Phi) is 16.9. The molecule has 0 saturated heterocycles. The number of oxime groups is 1. The van der Waals surface area contributed by atoms with E-state index in [1.165, 1.54) is 32.7 Å². The van der Waals surface area contributed by atoms with E-state index >= 15 is 0 Å². The fraction of sp³-hybridized carbons (Fsp3) is 0.786. The number of carboxylic acid groups (broad SMARTS) is 1. The molecule has 0 bridgehead atoms. The second kappa shape index (κ2) is 16.4. The number of likely N-dealkylation sites (N-methyl/N-ethyl adjacent to an activating group) is 1. The molecular weight excluding hydrogens is 274 g/mol. The zero-order chi connectivity index (χ0) is 16.5. The third-order valence-electron chi connectivity index (χ3n) is 2.84. The van der Waals surface area contributed by atoms with Crippen LogP contribution in [-0.2, 0) is 9.59 Å². The van der Waals surface area contributed by atoms with E-state index in [0.29, 0.717) is 0 Å². The Morgan fingerprint density at radius 2 is 1.90 bits per heavy atom. The number of carbonyl (C=O) groups excluding carboxylic acids is 1. The Labute approximate surface area is 126 Å². The highest BCUT2D eigenvalue weighted by atomic mass is 16.4. The molecule has 21 heavy (non-hydrogen) atoms. The van der Waals surface area contributed by atoms with Gasteiger partial charge < -0.3 is 21.4 Å². The zero-order valence-corrected chi connectivity index (χ0v) is 13.0. The van der Waals surface area contributed by atoms with E-state index in [1.54, 1.807) is 6.21 Å². The van der Waals surface area contributed by atoms with Gasteiger partial charge in [0.2, 0.25) is 5.91 Å². The van der Waals surface area contributed by atoms with Gasteiger partial charge in [-0.05, 0) is 26.3 Å². The van der Waals surface area contributed by atoms with Crippen molar-refractivity contribution in [2.24, 2.45) is 10.9 Å². The summed E-state index contributed by atoms with van der Waals surface area (Å²) in [5.41, 5.74) is 4.84. The average molecular weight is 303 g/mol. The molecule has 124 valence electrons. The molecule has 0 aliphatic rings. The lowest BCUT2D eigenvalue weighted by atomic mass is 10.1. The van der Waals surface area contributed by atoms with E-state index in [2.05, 4.69) is 17.4 Å². The monoisotopic (exact) mass is 303 g/mol. The summed E-state index contributed by atoms with van der Waals surface area (Å²) in [6, 6.07) is -0.678. The molecule has 1 atom stereocenters. The van der Waals surface area contributed by atoms with Crippen LogP contribution < -0.4 is 11.1 Å². The highest BCUT2D eigenvalue weighted by Crippen LogP contribution is 2.03. The number of primary amides is 1. The van der Waals surface area contributed by atoms with Crippen molar-refractivity contribution in [3.63, 3.8) is 0 Å². The second-order valence-corrected chi connectivity index (χ2v) is 4.69. The second-order valence-electron chi connectivity index (χ2n) is 4.69. The van der Waals surface area contributed by atoms with Crippen molar-refractivity contribution in [2.45, 2.75) is 64.3 Å². The lowest BCUT2D eigenvalue weighted by Crippen LogP contribution is -2.34. The fourth-order valence-corrected chi connectivity index (χ4v) is 1.57. The lowest BCUT2D eigenvalue weighted by Gasteiger charge is -2.08. The fourth-order valence-electron chi connectivity index (χ4n) is 1.57. The molecule has 0 fully saturated rings. The van der Waals surface area contributed by atoms with E-state index in [4.69, 9.17) is 16.0 Å². The van der Waals surface area contributed by atoms with Crippen LogP contribution in [0.25, 0.3) is 0 Å². The summed E-state index contributed by atoms with van der Waals surface area (Å²) in [6.07, 6.45) is 9.16. The Bertz CT molecular complexity index is 296. The van der Waals surface area contributed by atoms with Gasteiger partial charge in [0, 0.05) is 12.6 Å². The van der Waals surface area contributed by atoms with Gasteiger partial charge in [-0.15, -0.1) is 5.16 Å². The minimum Gasteiger partial charge on any atom is -0.480 e. The molecule has 0 aromatic rings. The minimum atomic E-state index is -0.964. The van der Waals surface area contributed by atoms with Gasteiger partial charge in [-0.3, -0.25) is 9.59 Å². The van der Waals surface area contributed by atoms with Crippen molar-refractivity contribution >= 4 is 18.1 Å². The molecule has 0 unspecified atom stereocenters. The molecule has 0 aliphatic carbocycles. The Morgan fingerprint density at radius 1 is 1.29 bits per heavy atom. The summed E-state index contributed by atoms with van der Waals surface area (Å²) in [5, 5.41) is 22.0. The van der Waals surface area contributed by atoms with Gasteiger partial charge in [-0.25, -0.2) is 0 Å². The van der Waals surface area contributed by atoms with Crippen LogP contribution in [0.3, 0.4) is 0 Å². The molecule has 0 aliphatic heterocycles. The Balaban J connectivity index is 0. The van der Waals surface area contributed by atoms with E-state index in [-0.39, 0.29) is 12.8 Å². The molecule has 0 radical (unpaired) electrons. The summed E-state index contributed by atoms with van der Waals surface area (Å²) in [7, 11) is 1.53. The molecule has 0 heterocycles. The van der Waals surface area contributed by atoms with Crippen molar-refractivity contribution in [3.8, 4) is 0 Å². The molecule has 0 aromatic carbocycles. The van der Waals surface area contributed by atoms with Gasteiger partial charge in [0.1, 0.15) is 6.04 Å². The van der Waals surface area contributed by atoms with Gasteiger partial charge >= 0.3 is 5.97 Å². The summed E-state index contributed by atoms with van der Waals surface area (Å²) < 4.78 is 0. The zero-order valence-electron chi connectivity index (χ0n) is 13.0. The third kappa shape index (κ3) is 18.4. The van der Waals surface area contributed by atoms with Crippen molar-refractivity contribution in [1.82, 2.24) is 5.32 Å². The molecule has 1 amide bonds. The maximum atomic E-state index is 10.3. The van der Waals surface area contributed by atoms with E-state index < -0.39 is 17.9 Å². The van der Waals surface area contributed by atoms with E-state index in [0.717, 1.165) is 12.8 Å². The third-order valence-corrected chi connectivity index (χ3v) is 2.84. The van der Waals surface area contributed by atoms with Gasteiger partial charge in [0.05, 0.1) is 0 Å². The van der Waals surface area contributed by atoms with Crippen LogP contribution in [0.5, 0.6) is 0 Å². The number of nitrogens with two attached hydrogens (primary N) is 1. The van der Waals surface area contributed by atoms with Crippen LogP contribution >= 0.6 is 0 Å². The number of aliphatic carboxylic acids is 1. The predicted octanol–water partition coefficient (Wildman–Crippen LogP) is 1.73. The molecule has 5 N–H and O–H groups in total. The number of carbonyl (C=O) groups is 2. The Hall–Kier alpha value is -1.63. The van der Waals surface area contributed by atoms with Crippen molar-refractivity contribution in [3.05, 3.63) is 0 Å². The van der Waals surface area contributed by atoms with Crippen LogP contribution in [0.2, 0.25) is 0 Å². The number of nitrogens with zero attached hydrogens (tertiary/aromatic N) is 1. The maximum Gasteiger partial charge on any atom is 0.320 e. The largest absolute Gasteiger partial charge is 0.480 e. The Morgan fingerprint density at radius 3 is 2.33 bits per heavy atom. The standard InChI is InChI=1S/C8H17NO.C6H12N2O3/c1-2-3-4-5-6-7-8-9-10;1-8-4(6(10)11)2-3-5(7)9/h8,10H,2-7H2,1H3;4,8H,2-3H2,1H3,(H2,7,9)(H,10,11)/t;4-/m.0/s1. The molecule has 0 spiro atoms. The first kappa shape index (κ1) is 21.7. The van der Waals surface area contributed by atoms with E-state index in [9.17, 15) is 9.59 Å².